The molecule has 2 N–H and O–H groups in total. The zero-order valence-electron chi connectivity index (χ0n) is 19.6. The van der Waals surface area contributed by atoms with Gasteiger partial charge in [0, 0.05) is 32.2 Å². The number of phenols is 1. The van der Waals surface area contributed by atoms with Crippen molar-refractivity contribution >= 4 is 35.1 Å². The van der Waals surface area contributed by atoms with Crippen LogP contribution in [0.15, 0.2) is 52.7 Å². The summed E-state index contributed by atoms with van der Waals surface area (Å²) in [6.45, 7) is 0.446. The Hall–Kier alpha value is -4.52. The van der Waals surface area contributed by atoms with Gasteiger partial charge in [-0.2, -0.15) is 5.11 Å². The molecule has 0 saturated carbocycles. The number of hydroxylamine groups is 2. The fourth-order valence-corrected chi connectivity index (χ4v) is 3.32. The lowest BCUT2D eigenvalue weighted by molar-refractivity contribution is -0.172. The molecule has 0 spiro atoms. The van der Waals surface area contributed by atoms with Gasteiger partial charge in [0.25, 0.3) is 11.8 Å². The number of carbonyl (C=O) groups is 4. The molecule has 3 rings (SSSR count). The molecule has 0 atom stereocenters. The monoisotopic (exact) mass is 490 g/mol. The minimum absolute atomic E-state index is 0.0157. The van der Waals surface area contributed by atoms with Crippen LogP contribution in [-0.4, -0.2) is 40.4 Å². The van der Waals surface area contributed by atoms with E-state index in [-0.39, 0.29) is 35.7 Å². The van der Waals surface area contributed by atoms with Crippen molar-refractivity contribution in [2.24, 2.45) is 10.2 Å². The Morgan fingerprint density at radius 1 is 1.06 bits per heavy atom. The molecule has 2 aromatic rings. The summed E-state index contributed by atoms with van der Waals surface area (Å²) in [5.41, 5.74) is 1.65. The number of rotatable bonds is 11. The van der Waals surface area contributed by atoms with Crippen LogP contribution >= 0.6 is 0 Å². The minimum Gasteiger partial charge on any atom is -0.506 e. The maximum absolute atomic E-state index is 12.2. The second kappa shape index (κ2) is 12.8. The second-order valence-electron chi connectivity index (χ2n) is 8.04. The Morgan fingerprint density at radius 3 is 2.47 bits per heavy atom. The van der Waals surface area contributed by atoms with Crippen molar-refractivity contribution in [2.75, 3.05) is 6.54 Å². The van der Waals surface area contributed by atoms with Crippen molar-refractivity contribution in [2.45, 2.75) is 44.9 Å². The van der Waals surface area contributed by atoms with E-state index in [0.717, 1.165) is 18.4 Å². The lowest BCUT2D eigenvalue weighted by Gasteiger charge is -2.12. The van der Waals surface area contributed by atoms with Crippen LogP contribution in [0.2, 0.25) is 0 Å². The second-order valence-corrected chi connectivity index (χ2v) is 8.04. The maximum atomic E-state index is 12.2. The molecule has 36 heavy (non-hydrogen) atoms. The molecule has 186 valence electrons. The molecule has 1 aliphatic rings. The summed E-state index contributed by atoms with van der Waals surface area (Å²) in [7, 11) is 0. The first kappa shape index (κ1) is 26.1. The third kappa shape index (κ3) is 7.50. The number of benzene rings is 2. The highest BCUT2D eigenvalue weighted by molar-refractivity contribution is 6.02. The number of terminal acetylenes is 1. The number of phenolic OH excluding ortho intramolecular Hbond substituents is 1. The van der Waals surface area contributed by atoms with E-state index in [1.807, 2.05) is 0 Å². The first-order valence-electron chi connectivity index (χ1n) is 11.5. The third-order valence-corrected chi connectivity index (χ3v) is 5.31. The normalized spacial score (nSPS) is 13.1. The zero-order valence-corrected chi connectivity index (χ0v) is 19.6. The van der Waals surface area contributed by atoms with Gasteiger partial charge < -0.3 is 15.3 Å². The molecule has 0 aliphatic carbocycles. The molecular weight excluding hydrogens is 464 g/mol. The van der Waals surface area contributed by atoms with Gasteiger partial charge in [-0.3, -0.25) is 14.4 Å². The first-order valence-corrected chi connectivity index (χ1v) is 11.5. The number of nitrogens with one attached hydrogen (secondary N) is 1. The van der Waals surface area contributed by atoms with Crippen molar-refractivity contribution in [3.8, 4) is 18.1 Å². The molecule has 0 radical (unpaired) electrons. The van der Waals surface area contributed by atoms with Crippen LogP contribution in [0.1, 0.15) is 54.4 Å². The molecule has 1 heterocycles. The van der Waals surface area contributed by atoms with Gasteiger partial charge >= 0.3 is 5.97 Å². The van der Waals surface area contributed by atoms with Crippen LogP contribution in [-0.2, 0) is 25.6 Å². The van der Waals surface area contributed by atoms with E-state index in [9.17, 15) is 24.3 Å². The number of amides is 3. The molecular formula is C26H26N4O6. The van der Waals surface area contributed by atoms with Gasteiger partial charge in [-0.1, -0.05) is 6.07 Å². The Bertz CT molecular complexity index is 1180. The van der Waals surface area contributed by atoms with Crippen LogP contribution in [0.4, 0.5) is 11.4 Å². The summed E-state index contributed by atoms with van der Waals surface area (Å²) < 4.78 is 0. The summed E-state index contributed by atoms with van der Waals surface area (Å²) in [5, 5.41) is 21.6. The van der Waals surface area contributed by atoms with E-state index in [1.165, 1.54) is 30.3 Å². The van der Waals surface area contributed by atoms with Gasteiger partial charge in [-0.25, -0.2) is 4.79 Å². The number of azo groups is 1. The van der Waals surface area contributed by atoms with Gasteiger partial charge in [-0.05, 0) is 61.2 Å². The Labute approximate surface area is 208 Å². The van der Waals surface area contributed by atoms with Crippen molar-refractivity contribution in [1.29, 1.82) is 0 Å². The first-order chi connectivity index (χ1) is 17.4. The molecule has 0 bridgehead atoms. The highest BCUT2D eigenvalue weighted by atomic mass is 16.7. The number of unbranched alkanes of at least 4 members (excludes halogenated alkanes) is 2. The van der Waals surface area contributed by atoms with Crippen LogP contribution in [0.25, 0.3) is 0 Å². The summed E-state index contributed by atoms with van der Waals surface area (Å²) in [4.78, 5) is 52.1. The number of nitrogens with zero attached hydrogens (tertiary/aromatic N) is 3. The summed E-state index contributed by atoms with van der Waals surface area (Å²) in [5.74, 6) is 0.510. The standard InChI is InChI=1S/C26H26N4O6/c1-2-3-4-5-6-23(32)27-16-15-18-7-12-22(31)21(17-18)29-28-20-10-8-19(9-11-20)26(35)36-30-24(33)13-14-25(30)34/h1,7-12,17,31H,3-6,13-16H2,(H,27,32). The number of imide groups is 1. The largest absolute Gasteiger partial charge is 0.506 e. The van der Waals surface area contributed by atoms with E-state index in [2.05, 4.69) is 21.5 Å². The van der Waals surface area contributed by atoms with Gasteiger partial charge in [0.05, 0.1) is 11.3 Å². The number of hydrogen-bond acceptors (Lipinski definition) is 8. The molecule has 1 fully saturated rings. The zero-order chi connectivity index (χ0) is 25.9. The van der Waals surface area contributed by atoms with Crippen molar-refractivity contribution in [3.05, 3.63) is 53.6 Å². The van der Waals surface area contributed by atoms with E-state index < -0.39 is 17.8 Å². The molecule has 2 aromatic carbocycles. The van der Waals surface area contributed by atoms with E-state index in [4.69, 9.17) is 11.3 Å². The van der Waals surface area contributed by atoms with Gasteiger partial charge in [-0.15, -0.1) is 22.5 Å². The van der Waals surface area contributed by atoms with Crippen LogP contribution in [0.5, 0.6) is 5.75 Å². The molecule has 1 aliphatic heterocycles. The third-order valence-electron chi connectivity index (χ3n) is 5.31. The lowest BCUT2D eigenvalue weighted by atomic mass is 10.1. The summed E-state index contributed by atoms with van der Waals surface area (Å²) in [6, 6.07) is 10.8. The number of aromatic hydroxyl groups is 1. The van der Waals surface area contributed by atoms with Crippen molar-refractivity contribution in [3.63, 3.8) is 0 Å². The average molecular weight is 491 g/mol. The van der Waals surface area contributed by atoms with E-state index in [1.54, 1.807) is 12.1 Å². The maximum Gasteiger partial charge on any atom is 0.363 e. The van der Waals surface area contributed by atoms with Gasteiger partial charge in [0.15, 0.2) is 0 Å². The molecule has 10 nitrogen and oxygen atoms in total. The van der Waals surface area contributed by atoms with Gasteiger partial charge in [0.1, 0.15) is 11.4 Å². The van der Waals surface area contributed by atoms with Crippen LogP contribution in [0, 0.1) is 12.3 Å². The van der Waals surface area contributed by atoms with E-state index in [0.29, 0.717) is 36.6 Å². The topological polar surface area (TPSA) is 138 Å². The summed E-state index contributed by atoms with van der Waals surface area (Å²) >= 11 is 0. The molecule has 3 amide bonds. The smallest absolute Gasteiger partial charge is 0.363 e. The van der Waals surface area contributed by atoms with Crippen LogP contribution < -0.4 is 5.32 Å². The Balaban J connectivity index is 1.53. The van der Waals surface area contributed by atoms with Gasteiger partial charge in [0.2, 0.25) is 5.91 Å². The quantitative estimate of drug-likeness (QED) is 0.212. The van der Waals surface area contributed by atoms with Crippen LogP contribution in [0.3, 0.4) is 0 Å². The molecule has 0 aromatic heterocycles. The number of hydrogen-bond donors (Lipinski definition) is 2. The van der Waals surface area contributed by atoms with Crippen molar-refractivity contribution in [1.82, 2.24) is 10.4 Å². The lowest BCUT2D eigenvalue weighted by Crippen LogP contribution is -2.32. The molecule has 0 unspecified atom stereocenters. The highest BCUT2D eigenvalue weighted by Gasteiger charge is 2.33. The minimum atomic E-state index is -0.841. The fraction of sp³-hybridized carbons (Fsp3) is 0.308. The predicted molar refractivity (Wildman–Crippen MR) is 129 cm³/mol. The fourth-order valence-electron chi connectivity index (χ4n) is 3.32. The van der Waals surface area contributed by atoms with Crippen molar-refractivity contribution < 1.29 is 29.1 Å². The SMILES string of the molecule is C#CCCCCC(=O)NCCc1ccc(O)c(N=Nc2ccc(C(=O)ON3C(=O)CCC3=O)cc2)c1. The Kier molecular flexibility index (Phi) is 9.28. The predicted octanol–water partition coefficient (Wildman–Crippen LogP) is 3.88. The Morgan fingerprint density at radius 2 is 1.78 bits per heavy atom. The number of carbonyl (C=O) groups excluding carboxylic acids is 4. The van der Waals surface area contributed by atoms with E-state index >= 15 is 0 Å². The molecule has 10 heteroatoms. The molecule has 1 saturated heterocycles. The highest BCUT2D eigenvalue weighted by Crippen LogP contribution is 2.29. The average Bonchev–Trinajstić information content (AvgIpc) is 3.19. The summed E-state index contributed by atoms with van der Waals surface area (Å²) in [6.07, 6.45) is 8.45.